The maximum absolute atomic E-state index is 12.6. The van der Waals surface area contributed by atoms with E-state index in [1.165, 1.54) is 12.1 Å². The van der Waals surface area contributed by atoms with Gasteiger partial charge in [0.2, 0.25) is 0 Å². The van der Waals surface area contributed by atoms with Gasteiger partial charge in [0.25, 0.3) is 5.56 Å². The monoisotopic (exact) mass is 339 g/mol. The van der Waals surface area contributed by atoms with Gasteiger partial charge in [0.15, 0.2) is 0 Å². The molecular formula is C16H9ClF3NO2. The van der Waals surface area contributed by atoms with E-state index in [1.807, 2.05) is 0 Å². The van der Waals surface area contributed by atoms with Crippen molar-refractivity contribution in [3.63, 3.8) is 0 Å². The first kappa shape index (κ1) is 15.4. The molecule has 0 saturated heterocycles. The van der Waals surface area contributed by atoms with Crippen LogP contribution in [0.1, 0.15) is 5.56 Å². The molecule has 3 aromatic rings. The molecule has 0 unspecified atom stereocenters. The molecule has 0 spiro atoms. The van der Waals surface area contributed by atoms with Crippen LogP contribution in [0.5, 0.6) is 5.75 Å². The molecule has 0 amide bonds. The van der Waals surface area contributed by atoms with Crippen LogP contribution in [0.2, 0.25) is 5.02 Å². The number of fused-ring (bicyclic) bond motifs is 1. The van der Waals surface area contributed by atoms with E-state index in [4.69, 9.17) is 11.6 Å². The molecule has 0 atom stereocenters. The summed E-state index contributed by atoms with van der Waals surface area (Å²) in [7, 11) is 0. The highest BCUT2D eigenvalue weighted by atomic mass is 35.5. The highest BCUT2D eigenvalue weighted by Gasteiger charge is 2.30. The lowest BCUT2D eigenvalue weighted by atomic mass is 10.0. The van der Waals surface area contributed by atoms with Gasteiger partial charge in [0.1, 0.15) is 5.75 Å². The SMILES string of the molecule is O=c1[nH]c2cc(Cl)ccc2c(O)c1-c1ccc(C(F)(F)F)cc1. The molecule has 1 aromatic heterocycles. The van der Waals surface area contributed by atoms with Gasteiger partial charge in [0.05, 0.1) is 16.6 Å². The fraction of sp³-hybridized carbons (Fsp3) is 0.0625. The fourth-order valence-corrected chi connectivity index (χ4v) is 2.52. The Morgan fingerprint density at radius 3 is 2.30 bits per heavy atom. The Balaban J connectivity index is 2.20. The Bertz CT molecular complexity index is 946. The van der Waals surface area contributed by atoms with Gasteiger partial charge in [-0.2, -0.15) is 13.2 Å². The lowest BCUT2D eigenvalue weighted by Gasteiger charge is -2.10. The van der Waals surface area contributed by atoms with Gasteiger partial charge >= 0.3 is 6.18 Å². The molecule has 3 rings (SSSR count). The van der Waals surface area contributed by atoms with E-state index in [0.29, 0.717) is 15.9 Å². The second-order valence-electron chi connectivity index (χ2n) is 4.94. The number of rotatable bonds is 1. The normalized spacial score (nSPS) is 11.8. The molecule has 0 bridgehead atoms. The lowest BCUT2D eigenvalue weighted by molar-refractivity contribution is -0.137. The maximum Gasteiger partial charge on any atom is 0.416 e. The molecule has 118 valence electrons. The van der Waals surface area contributed by atoms with Gasteiger partial charge in [-0.3, -0.25) is 4.79 Å². The molecule has 0 aliphatic rings. The predicted octanol–water partition coefficient (Wildman–Crippen LogP) is 4.57. The molecule has 1 heterocycles. The summed E-state index contributed by atoms with van der Waals surface area (Å²) < 4.78 is 37.8. The van der Waals surface area contributed by atoms with E-state index in [1.54, 1.807) is 6.07 Å². The Labute approximate surface area is 133 Å². The van der Waals surface area contributed by atoms with Crippen LogP contribution >= 0.6 is 11.6 Å². The van der Waals surface area contributed by atoms with Crippen LogP contribution < -0.4 is 5.56 Å². The highest BCUT2D eigenvalue weighted by Crippen LogP contribution is 2.35. The van der Waals surface area contributed by atoms with Crippen LogP contribution in [0.3, 0.4) is 0 Å². The smallest absolute Gasteiger partial charge is 0.416 e. The number of H-pyrrole nitrogens is 1. The molecule has 2 aromatic carbocycles. The number of halogens is 4. The maximum atomic E-state index is 12.6. The topological polar surface area (TPSA) is 53.1 Å². The highest BCUT2D eigenvalue weighted by molar-refractivity contribution is 6.31. The zero-order valence-electron chi connectivity index (χ0n) is 11.4. The van der Waals surface area contributed by atoms with Crippen molar-refractivity contribution >= 4 is 22.5 Å². The first-order valence-electron chi connectivity index (χ1n) is 6.49. The minimum absolute atomic E-state index is 0.0893. The average molecular weight is 340 g/mol. The summed E-state index contributed by atoms with van der Waals surface area (Å²) in [4.78, 5) is 14.7. The third-order valence-electron chi connectivity index (χ3n) is 3.45. The third kappa shape index (κ3) is 2.77. The van der Waals surface area contributed by atoms with Crippen molar-refractivity contribution in [3.05, 3.63) is 63.4 Å². The van der Waals surface area contributed by atoms with Crippen molar-refractivity contribution in [2.24, 2.45) is 0 Å². The molecule has 3 nitrogen and oxygen atoms in total. The second-order valence-corrected chi connectivity index (χ2v) is 5.38. The number of aromatic hydroxyl groups is 1. The Hall–Kier alpha value is -2.47. The van der Waals surface area contributed by atoms with E-state index in [9.17, 15) is 23.1 Å². The largest absolute Gasteiger partial charge is 0.506 e. The van der Waals surface area contributed by atoms with E-state index in [0.717, 1.165) is 24.3 Å². The standard InChI is InChI=1S/C16H9ClF3NO2/c17-10-5-6-11-12(7-10)21-15(23)13(14(11)22)8-1-3-9(4-2-8)16(18,19)20/h1-7H,(H2,21,22,23). The van der Waals surface area contributed by atoms with Gasteiger partial charge in [0, 0.05) is 10.4 Å². The Morgan fingerprint density at radius 2 is 1.70 bits per heavy atom. The van der Waals surface area contributed by atoms with Crippen LogP contribution in [0, 0.1) is 0 Å². The molecule has 0 saturated carbocycles. The number of aromatic amines is 1. The summed E-state index contributed by atoms with van der Waals surface area (Å²) in [6.45, 7) is 0. The summed E-state index contributed by atoms with van der Waals surface area (Å²) >= 11 is 5.83. The Kier molecular flexibility index (Phi) is 3.56. The van der Waals surface area contributed by atoms with Crippen molar-refractivity contribution in [2.45, 2.75) is 6.18 Å². The number of aromatic nitrogens is 1. The summed E-state index contributed by atoms with van der Waals surface area (Å²) in [6, 6.07) is 8.56. The fourth-order valence-electron chi connectivity index (χ4n) is 2.35. The quantitative estimate of drug-likeness (QED) is 0.682. The molecule has 0 aliphatic heterocycles. The summed E-state index contributed by atoms with van der Waals surface area (Å²) in [6.07, 6.45) is -4.47. The van der Waals surface area contributed by atoms with Gasteiger partial charge in [-0.25, -0.2) is 0 Å². The second kappa shape index (κ2) is 5.31. The van der Waals surface area contributed by atoms with Crippen molar-refractivity contribution in [2.75, 3.05) is 0 Å². The average Bonchev–Trinajstić information content (AvgIpc) is 2.46. The first-order chi connectivity index (χ1) is 10.8. The van der Waals surface area contributed by atoms with Crippen molar-refractivity contribution in [3.8, 4) is 16.9 Å². The summed E-state index contributed by atoms with van der Waals surface area (Å²) in [5, 5.41) is 11.1. The number of nitrogens with one attached hydrogen (secondary N) is 1. The molecule has 0 aliphatic carbocycles. The van der Waals surface area contributed by atoms with Gasteiger partial charge in [-0.15, -0.1) is 0 Å². The molecule has 2 N–H and O–H groups in total. The van der Waals surface area contributed by atoms with Gasteiger partial charge in [-0.05, 0) is 35.9 Å². The number of hydrogen-bond donors (Lipinski definition) is 2. The number of pyridine rings is 1. The number of hydrogen-bond acceptors (Lipinski definition) is 2. The van der Waals surface area contributed by atoms with Gasteiger partial charge in [-0.1, -0.05) is 23.7 Å². The first-order valence-corrected chi connectivity index (χ1v) is 6.87. The molecular weight excluding hydrogens is 331 g/mol. The van der Waals surface area contributed by atoms with E-state index in [2.05, 4.69) is 4.98 Å². The van der Waals surface area contributed by atoms with E-state index >= 15 is 0 Å². The molecule has 23 heavy (non-hydrogen) atoms. The van der Waals surface area contributed by atoms with Crippen molar-refractivity contribution in [1.29, 1.82) is 0 Å². The minimum Gasteiger partial charge on any atom is -0.506 e. The zero-order chi connectivity index (χ0) is 16.8. The summed E-state index contributed by atoms with van der Waals surface area (Å²) in [5.74, 6) is -0.305. The molecule has 0 radical (unpaired) electrons. The third-order valence-corrected chi connectivity index (χ3v) is 3.68. The van der Waals surface area contributed by atoms with Gasteiger partial charge < -0.3 is 10.1 Å². The number of alkyl halides is 3. The Morgan fingerprint density at radius 1 is 1.04 bits per heavy atom. The zero-order valence-corrected chi connectivity index (χ0v) is 12.2. The minimum atomic E-state index is -4.47. The summed E-state index contributed by atoms with van der Waals surface area (Å²) in [5.41, 5.74) is -1.00. The predicted molar refractivity (Wildman–Crippen MR) is 81.7 cm³/mol. The number of benzene rings is 2. The van der Waals surface area contributed by atoms with Crippen LogP contribution in [-0.2, 0) is 6.18 Å². The van der Waals surface area contributed by atoms with Crippen LogP contribution in [0.4, 0.5) is 13.2 Å². The van der Waals surface area contributed by atoms with Crippen LogP contribution in [0.25, 0.3) is 22.0 Å². The van der Waals surface area contributed by atoms with Crippen LogP contribution in [0.15, 0.2) is 47.3 Å². The molecule has 7 heteroatoms. The van der Waals surface area contributed by atoms with Crippen molar-refractivity contribution in [1.82, 2.24) is 4.98 Å². The van der Waals surface area contributed by atoms with E-state index in [-0.39, 0.29) is 16.9 Å². The lowest BCUT2D eigenvalue weighted by Crippen LogP contribution is -2.10. The van der Waals surface area contributed by atoms with Crippen LogP contribution in [-0.4, -0.2) is 10.1 Å². The van der Waals surface area contributed by atoms with E-state index < -0.39 is 17.3 Å². The van der Waals surface area contributed by atoms with Crippen molar-refractivity contribution < 1.29 is 18.3 Å². The molecule has 0 fully saturated rings.